The van der Waals surface area contributed by atoms with E-state index < -0.39 is 34.7 Å². The fraction of sp³-hybridized carbons (Fsp3) is 0.440. The minimum atomic E-state index is -1.65. The lowest BCUT2D eigenvalue weighted by Gasteiger charge is -2.28. The van der Waals surface area contributed by atoms with Gasteiger partial charge < -0.3 is 9.47 Å². The van der Waals surface area contributed by atoms with E-state index in [1.54, 1.807) is 0 Å². The number of carbonyl (C=O) groups excluding carboxylic acids is 1. The number of nitrogens with zero attached hydrogens (tertiary/aromatic N) is 1. The van der Waals surface area contributed by atoms with Crippen LogP contribution in [0.2, 0.25) is 0 Å². The average Bonchev–Trinajstić information content (AvgIpc) is 2.80. The zero-order valence-corrected chi connectivity index (χ0v) is 18.0. The molecule has 3 rings (SSSR count). The molecule has 2 aromatic rings. The Morgan fingerprint density at radius 1 is 1.06 bits per heavy atom. The molecule has 0 amide bonds. The maximum absolute atomic E-state index is 14.5. The van der Waals surface area contributed by atoms with Crippen molar-refractivity contribution in [1.29, 1.82) is 5.26 Å². The summed E-state index contributed by atoms with van der Waals surface area (Å²) < 4.78 is 53.8. The number of hydrogen-bond donors (Lipinski definition) is 0. The smallest absolute Gasteiger partial charge is 0.349 e. The zero-order valence-electron chi connectivity index (χ0n) is 18.0. The van der Waals surface area contributed by atoms with E-state index in [-0.39, 0.29) is 18.3 Å². The van der Waals surface area contributed by atoms with Crippen LogP contribution >= 0.6 is 0 Å². The van der Waals surface area contributed by atoms with Crippen molar-refractivity contribution in [1.82, 2.24) is 0 Å². The molecule has 170 valence electrons. The molecule has 4 nitrogen and oxygen atoms in total. The molecule has 0 heterocycles. The highest BCUT2D eigenvalue weighted by Crippen LogP contribution is 2.33. The topological polar surface area (TPSA) is 59.3 Å². The van der Waals surface area contributed by atoms with Gasteiger partial charge in [0.2, 0.25) is 5.82 Å². The number of benzene rings is 2. The van der Waals surface area contributed by atoms with Gasteiger partial charge in [-0.2, -0.15) is 9.65 Å². The molecule has 32 heavy (non-hydrogen) atoms. The Bertz CT molecular complexity index is 977. The summed E-state index contributed by atoms with van der Waals surface area (Å²) in [6.07, 6.45) is 7.66. The largest absolute Gasteiger partial charge is 0.490 e. The van der Waals surface area contributed by atoms with E-state index in [1.807, 2.05) is 6.07 Å². The molecule has 7 heteroatoms. The zero-order chi connectivity index (χ0) is 23.1. The van der Waals surface area contributed by atoms with Crippen molar-refractivity contribution in [3.05, 3.63) is 58.9 Å². The molecule has 0 unspecified atom stereocenters. The van der Waals surface area contributed by atoms with Crippen molar-refractivity contribution in [3.63, 3.8) is 0 Å². The van der Waals surface area contributed by atoms with Crippen LogP contribution in [-0.4, -0.2) is 12.6 Å². The number of hydrogen-bond acceptors (Lipinski definition) is 4. The highest BCUT2D eigenvalue weighted by Gasteiger charge is 2.28. The van der Waals surface area contributed by atoms with Gasteiger partial charge in [-0.1, -0.05) is 39.0 Å². The summed E-state index contributed by atoms with van der Waals surface area (Å²) in [6.45, 7) is 2.34. The Hall–Kier alpha value is -3.01. The fourth-order valence-electron chi connectivity index (χ4n) is 4.01. The third kappa shape index (κ3) is 5.82. The van der Waals surface area contributed by atoms with E-state index in [0.29, 0.717) is 17.5 Å². The van der Waals surface area contributed by atoms with Gasteiger partial charge in [-0.15, -0.1) is 0 Å². The lowest BCUT2D eigenvalue weighted by molar-refractivity contribution is 0.0722. The van der Waals surface area contributed by atoms with Gasteiger partial charge in [-0.25, -0.2) is 13.6 Å². The monoisotopic (exact) mass is 445 g/mol. The number of carbonyl (C=O) groups is 1. The first-order valence-electron chi connectivity index (χ1n) is 11.0. The maximum Gasteiger partial charge on any atom is 0.349 e. The van der Waals surface area contributed by atoms with Gasteiger partial charge in [-0.3, -0.25) is 0 Å². The molecule has 0 spiro atoms. The van der Waals surface area contributed by atoms with Gasteiger partial charge in [0.1, 0.15) is 17.1 Å². The lowest BCUT2D eigenvalue weighted by Crippen LogP contribution is -2.21. The van der Waals surface area contributed by atoms with Gasteiger partial charge in [-0.05, 0) is 48.9 Å². The molecule has 1 saturated carbocycles. The first kappa shape index (κ1) is 23.6. The summed E-state index contributed by atoms with van der Waals surface area (Å²) >= 11 is 0. The summed E-state index contributed by atoms with van der Waals surface area (Å²) in [5, 5.41) is 8.78. The number of unbranched alkanes of at least 4 members (excludes halogenated alkanes) is 1. The lowest BCUT2D eigenvalue weighted by atomic mass is 9.80. The Labute approximate surface area is 186 Å². The van der Waals surface area contributed by atoms with Crippen LogP contribution in [0.15, 0.2) is 30.3 Å². The predicted molar refractivity (Wildman–Crippen MR) is 113 cm³/mol. The van der Waals surface area contributed by atoms with Gasteiger partial charge in [0, 0.05) is 6.07 Å². The number of halogens is 3. The van der Waals surface area contributed by atoms with E-state index in [1.165, 1.54) is 43.5 Å². The molecule has 0 atom stereocenters. The van der Waals surface area contributed by atoms with Crippen molar-refractivity contribution in [3.8, 4) is 17.6 Å². The Morgan fingerprint density at radius 3 is 2.34 bits per heavy atom. The van der Waals surface area contributed by atoms with E-state index in [2.05, 4.69) is 6.92 Å². The Balaban J connectivity index is 1.62. The van der Waals surface area contributed by atoms with Crippen molar-refractivity contribution >= 4 is 5.97 Å². The molecule has 2 aromatic carbocycles. The molecule has 1 fully saturated rings. The second kappa shape index (κ2) is 11.0. The van der Waals surface area contributed by atoms with Crippen molar-refractivity contribution in [2.24, 2.45) is 11.8 Å². The maximum atomic E-state index is 14.5. The molecule has 0 saturated heterocycles. The van der Waals surface area contributed by atoms with E-state index >= 15 is 0 Å². The highest BCUT2D eigenvalue weighted by molar-refractivity contribution is 5.92. The summed E-state index contributed by atoms with van der Waals surface area (Å²) in [5.41, 5.74) is -0.806. The first-order chi connectivity index (χ1) is 15.4. The second-order valence-electron chi connectivity index (χ2n) is 8.23. The van der Waals surface area contributed by atoms with Gasteiger partial charge in [0.25, 0.3) is 0 Å². The molecular formula is C25H26F3NO3. The van der Waals surface area contributed by atoms with Crippen LogP contribution in [0, 0.1) is 40.6 Å². The van der Waals surface area contributed by atoms with Gasteiger partial charge in [0.05, 0.1) is 18.2 Å². The average molecular weight is 445 g/mol. The quantitative estimate of drug-likeness (QED) is 0.262. The third-order valence-corrected chi connectivity index (χ3v) is 5.93. The number of rotatable bonds is 8. The minimum absolute atomic E-state index is 0.0249. The van der Waals surface area contributed by atoms with Crippen LogP contribution in [0.3, 0.4) is 0 Å². The number of esters is 1. The first-order valence-corrected chi connectivity index (χ1v) is 11.0. The molecule has 0 bridgehead atoms. The Kier molecular flexibility index (Phi) is 8.15. The summed E-state index contributed by atoms with van der Waals surface area (Å²) in [7, 11) is 0. The molecule has 0 radical (unpaired) electrons. The van der Waals surface area contributed by atoms with Crippen LogP contribution in [0.4, 0.5) is 13.2 Å². The molecule has 0 aromatic heterocycles. The van der Waals surface area contributed by atoms with Gasteiger partial charge in [0.15, 0.2) is 11.6 Å². The number of ether oxygens (including phenoxy) is 2. The van der Waals surface area contributed by atoms with Crippen LogP contribution in [0.25, 0.3) is 0 Å². The highest BCUT2D eigenvalue weighted by atomic mass is 19.2. The molecule has 0 aliphatic heterocycles. The summed E-state index contributed by atoms with van der Waals surface area (Å²) in [6, 6.07) is 7.94. The molecule has 1 aliphatic rings. The predicted octanol–water partition coefficient (Wildman–Crippen LogP) is 6.57. The normalized spacial score (nSPS) is 18.1. The van der Waals surface area contributed by atoms with Crippen molar-refractivity contribution < 1.29 is 27.4 Å². The minimum Gasteiger partial charge on any atom is -0.490 e. The van der Waals surface area contributed by atoms with Crippen molar-refractivity contribution in [2.75, 3.05) is 6.61 Å². The SMILES string of the molecule is CCCCC1CCC(COc2cc(F)c(C(=O)Oc3ccc(C#N)cc3)c(F)c2F)CC1. The fourth-order valence-corrected chi connectivity index (χ4v) is 4.01. The second-order valence-corrected chi connectivity index (χ2v) is 8.23. The molecular weight excluding hydrogens is 419 g/mol. The molecule has 1 aliphatic carbocycles. The van der Waals surface area contributed by atoms with Gasteiger partial charge >= 0.3 is 5.97 Å². The van der Waals surface area contributed by atoms with E-state index in [0.717, 1.165) is 25.7 Å². The van der Waals surface area contributed by atoms with Crippen LogP contribution < -0.4 is 9.47 Å². The van der Waals surface area contributed by atoms with Crippen molar-refractivity contribution in [2.45, 2.75) is 51.9 Å². The van der Waals surface area contributed by atoms with Crippen LogP contribution in [0.5, 0.6) is 11.5 Å². The standard InChI is InChI=1S/C25H26F3NO3/c1-2-3-4-16-5-7-18(8-6-16)15-31-21-13-20(26)22(24(28)23(21)27)25(30)32-19-11-9-17(14-29)10-12-19/h9-13,16,18H,2-8,15H2,1H3. The van der Waals surface area contributed by atoms with Crippen LogP contribution in [0.1, 0.15) is 67.8 Å². The third-order valence-electron chi connectivity index (χ3n) is 5.93. The number of nitriles is 1. The Morgan fingerprint density at radius 2 is 1.72 bits per heavy atom. The molecule has 0 N–H and O–H groups in total. The van der Waals surface area contributed by atoms with Crippen LogP contribution in [-0.2, 0) is 0 Å². The van der Waals surface area contributed by atoms with E-state index in [4.69, 9.17) is 14.7 Å². The summed E-state index contributed by atoms with van der Waals surface area (Å²) in [5.74, 6) is -5.37. The van der Waals surface area contributed by atoms with E-state index in [9.17, 15) is 18.0 Å². The summed E-state index contributed by atoms with van der Waals surface area (Å²) in [4.78, 5) is 12.2.